The number of anilines is 2. The molecular weight excluding hydrogens is 424 g/mol. The number of carbonyl (C=O) groups excluding carboxylic acids is 1. The van der Waals surface area contributed by atoms with Crippen molar-refractivity contribution in [1.82, 2.24) is 9.78 Å². The van der Waals surface area contributed by atoms with Gasteiger partial charge in [0.1, 0.15) is 5.82 Å². The molecule has 7 heteroatoms. The third-order valence-electron chi connectivity index (χ3n) is 5.88. The van der Waals surface area contributed by atoms with Crippen molar-refractivity contribution in [3.8, 4) is 5.69 Å². The van der Waals surface area contributed by atoms with Crippen LogP contribution >= 0.6 is 11.6 Å². The molecule has 0 aliphatic carbocycles. The molecule has 0 fully saturated rings. The number of halogens is 1. The number of carbonyl (C=O) groups is 1. The van der Waals surface area contributed by atoms with Gasteiger partial charge in [0.15, 0.2) is 0 Å². The lowest BCUT2D eigenvalue weighted by molar-refractivity contribution is -0.132. The minimum atomic E-state index is -1.96. The van der Waals surface area contributed by atoms with Crippen LogP contribution in [-0.2, 0) is 16.9 Å². The van der Waals surface area contributed by atoms with E-state index in [1.54, 1.807) is 34.7 Å². The minimum absolute atomic E-state index is 0.221. The Morgan fingerprint density at radius 2 is 1.66 bits per heavy atom. The van der Waals surface area contributed by atoms with Gasteiger partial charge in [-0.2, -0.15) is 5.10 Å². The maximum absolute atomic E-state index is 13.8. The van der Waals surface area contributed by atoms with E-state index in [4.69, 9.17) is 17.3 Å². The fourth-order valence-electron chi connectivity index (χ4n) is 4.39. The molecule has 5 rings (SSSR count). The fourth-order valence-corrected chi connectivity index (χ4v) is 4.58. The molecule has 1 aromatic heterocycles. The molecule has 32 heavy (non-hydrogen) atoms. The molecule has 0 spiro atoms. The number of aryl methyl sites for hydroxylation is 1. The topological polar surface area (TPSA) is 84.4 Å². The molecule has 1 atom stereocenters. The number of aliphatic hydroxyl groups is 1. The van der Waals surface area contributed by atoms with Crippen LogP contribution in [0.1, 0.15) is 22.4 Å². The number of para-hydroxylation sites is 2. The molecule has 0 saturated heterocycles. The maximum atomic E-state index is 13.8. The molecule has 3 N–H and O–H groups in total. The highest BCUT2D eigenvalue weighted by Gasteiger charge is 2.53. The molecule has 0 unspecified atom stereocenters. The SMILES string of the molecule is Cc1nn(-c2ccccc2)c(N)c1[C@]1(O)C(=O)N(Cc2ccccc2Cl)c2ccccc21. The third-order valence-corrected chi connectivity index (χ3v) is 6.25. The molecule has 3 aromatic carbocycles. The van der Waals surface area contributed by atoms with E-state index in [0.717, 1.165) is 11.3 Å². The zero-order valence-corrected chi connectivity index (χ0v) is 18.1. The Bertz CT molecular complexity index is 1340. The summed E-state index contributed by atoms with van der Waals surface area (Å²) in [7, 11) is 0. The van der Waals surface area contributed by atoms with E-state index in [-0.39, 0.29) is 12.4 Å². The number of hydrogen-bond acceptors (Lipinski definition) is 4. The lowest BCUT2D eigenvalue weighted by atomic mass is 9.87. The average molecular weight is 445 g/mol. The lowest BCUT2D eigenvalue weighted by Gasteiger charge is -2.24. The van der Waals surface area contributed by atoms with Crippen molar-refractivity contribution in [2.24, 2.45) is 0 Å². The van der Waals surface area contributed by atoms with Crippen molar-refractivity contribution in [3.63, 3.8) is 0 Å². The van der Waals surface area contributed by atoms with Crippen molar-refractivity contribution >= 4 is 29.0 Å². The molecule has 1 aliphatic heterocycles. The van der Waals surface area contributed by atoms with Crippen LogP contribution in [0, 0.1) is 6.92 Å². The van der Waals surface area contributed by atoms with Crippen molar-refractivity contribution in [3.05, 3.63) is 106 Å². The van der Waals surface area contributed by atoms with Crippen molar-refractivity contribution in [2.45, 2.75) is 19.1 Å². The number of benzene rings is 3. The standard InChI is InChI=1S/C25H21ClN4O2/c1-16-22(23(27)30(28-16)18-10-3-2-4-11-18)25(32)19-12-6-8-14-21(19)29(24(25)31)15-17-9-5-7-13-20(17)26/h2-14,32H,15,27H2,1H3/t25-/m0/s1. The lowest BCUT2D eigenvalue weighted by Crippen LogP contribution is -2.41. The number of nitrogens with zero attached hydrogens (tertiary/aromatic N) is 3. The molecule has 0 bridgehead atoms. The molecule has 0 saturated carbocycles. The molecule has 1 aliphatic rings. The van der Waals surface area contributed by atoms with Gasteiger partial charge in [-0.3, -0.25) is 4.79 Å². The van der Waals surface area contributed by atoms with E-state index in [2.05, 4.69) is 5.10 Å². The number of nitrogens with two attached hydrogens (primary N) is 1. The monoisotopic (exact) mass is 444 g/mol. The van der Waals surface area contributed by atoms with Crippen LogP contribution in [0.4, 0.5) is 11.5 Å². The van der Waals surface area contributed by atoms with Crippen molar-refractivity contribution in [2.75, 3.05) is 10.6 Å². The van der Waals surface area contributed by atoms with Gasteiger partial charge in [0, 0.05) is 10.6 Å². The van der Waals surface area contributed by atoms with Gasteiger partial charge in [-0.05, 0) is 36.8 Å². The summed E-state index contributed by atoms with van der Waals surface area (Å²) in [6.07, 6.45) is 0. The summed E-state index contributed by atoms with van der Waals surface area (Å²) < 4.78 is 1.55. The Hall–Kier alpha value is -3.61. The summed E-state index contributed by atoms with van der Waals surface area (Å²) in [5, 5.41) is 17.1. The van der Waals surface area contributed by atoms with Gasteiger partial charge < -0.3 is 15.7 Å². The van der Waals surface area contributed by atoms with Crippen LogP contribution in [0.15, 0.2) is 78.9 Å². The summed E-state index contributed by atoms with van der Waals surface area (Å²) in [4.78, 5) is 15.3. The average Bonchev–Trinajstić information content (AvgIpc) is 3.22. The van der Waals surface area contributed by atoms with E-state index in [0.29, 0.717) is 27.5 Å². The fraction of sp³-hybridized carbons (Fsp3) is 0.120. The second-order valence-electron chi connectivity index (χ2n) is 7.80. The Kier molecular flexibility index (Phi) is 4.77. The first kappa shape index (κ1) is 20.3. The van der Waals surface area contributed by atoms with E-state index in [9.17, 15) is 9.90 Å². The Balaban J connectivity index is 1.66. The normalized spacial score (nSPS) is 17.6. The van der Waals surface area contributed by atoms with Gasteiger partial charge in [-0.15, -0.1) is 0 Å². The summed E-state index contributed by atoms with van der Waals surface area (Å²) >= 11 is 6.35. The predicted octanol–water partition coefficient (Wildman–Crippen LogP) is 4.20. The molecule has 0 radical (unpaired) electrons. The van der Waals surface area contributed by atoms with Crippen LogP contribution in [0.25, 0.3) is 5.69 Å². The van der Waals surface area contributed by atoms with Gasteiger partial charge in [0.25, 0.3) is 5.91 Å². The predicted molar refractivity (Wildman–Crippen MR) is 125 cm³/mol. The zero-order valence-electron chi connectivity index (χ0n) is 17.4. The number of fused-ring (bicyclic) bond motifs is 1. The molecule has 1 amide bonds. The number of nitrogen functional groups attached to an aromatic ring is 1. The van der Waals surface area contributed by atoms with Crippen molar-refractivity contribution < 1.29 is 9.90 Å². The van der Waals surface area contributed by atoms with E-state index in [1.165, 1.54) is 0 Å². The second-order valence-corrected chi connectivity index (χ2v) is 8.21. The first-order valence-corrected chi connectivity index (χ1v) is 10.6. The number of aromatic nitrogens is 2. The maximum Gasteiger partial charge on any atom is 0.269 e. The van der Waals surface area contributed by atoms with E-state index in [1.807, 2.05) is 60.7 Å². The Morgan fingerprint density at radius 1 is 1.00 bits per heavy atom. The van der Waals surface area contributed by atoms with Gasteiger partial charge in [-0.1, -0.05) is 66.2 Å². The Labute approximate surface area is 190 Å². The summed E-state index contributed by atoms with van der Waals surface area (Å²) in [5.41, 5.74) is 7.92. The first-order chi connectivity index (χ1) is 15.4. The van der Waals surface area contributed by atoms with E-state index < -0.39 is 11.5 Å². The largest absolute Gasteiger partial charge is 0.383 e. The smallest absolute Gasteiger partial charge is 0.269 e. The van der Waals surface area contributed by atoms with Crippen LogP contribution in [0.3, 0.4) is 0 Å². The zero-order chi connectivity index (χ0) is 22.5. The molecule has 6 nitrogen and oxygen atoms in total. The van der Waals surface area contributed by atoms with Crippen LogP contribution in [-0.4, -0.2) is 20.8 Å². The molecule has 4 aromatic rings. The minimum Gasteiger partial charge on any atom is -0.383 e. The van der Waals surface area contributed by atoms with Gasteiger partial charge in [0.2, 0.25) is 5.60 Å². The quantitative estimate of drug-likeness (QED) is 0.494. The van der Waals surface area contributed by atoms with Crippen LogP contribution in [0.5, 0.6) is 0 Å². The highest BCUT2D eigenvalue weighted by Crippen LogP contribution is 2.48. The van der Waals surface area contributed by atoms with Crippen molar-refractivity contribution in [1.29, 1.82) is 0 Å². The first-order valence-electron chi connectivity index (χ1n) is 10.2. The summed E-state index contributed by atoms with van der Waals surface area (Å²) in [6.45, 7) is 1.97. The highest BCUT2D eigenvalue weighted by molar-refractivity contribution is 6.31. The number of amides is 1. The van der Waals surface area contributed by atoms with E-state index >= 15 is 0 Å². The second kappa shape index (κ2) is 7.51. The Morgan fingerprint density at radius 3 is 2.41 bits per heavy atom. The van der Waals surface area contributed by atoms with Crippen LogP contribution < -0.4 is 10.6 Å². The molecule has 2 heterocycles. The van der Waals surface area contributed by atoms with Gasteiger partial charge in [-0.25, -0.2) is 4.68 Å². The number of rotatable bonds is 4. The third kappa shape index (κ3) is 2.92. The molecule has 160 valence electrons. The summed E-state index contributed by atoms with van der Waals surface area (Å²) in [5.74, 6) is -0.264. The van der Waals surface area contributed by atoms with Crippen LogP contribution in [0.2, 0.25) is 5.02 Å². The number of hydrogen-bond donors (Lipinski definition) is 2. The van der Waals surface area contributed by atoms with Gasteiger partial charge in [0.05, 0.1) is 29.2 Å². The highest BCUT2D eigenvalue weighted by atomic mass is 35.5. The summed E-state index contributed by atoms with van der Waals surface area (Å²) in [6, 6.07) is 23.9. The van der Waals surface area contributed by atoms with Gasteiger partial charge >= 0.3 is 0 Å². The molecular formula is C25H21ClN4O2.